The lowest BCUT2D eigenvalue weighted by Crippen LogP contribution is -2.18. The largest absolute Gasteiger partial charge is 0.573 e. The van der Waals surface area contributed by atoms with E-state index in [1.165, 1.54) is 62.8 Å². The van der Waals surface area contributed by atoms with Gasteiger partial charge < -0.3 is 24.1 Å². The Morgan fingerprint density at radius 1 is 0.636 bits per heavy atom. The molecule has 4 rings (SSSR count). The van der Waals surface area contributed by atoms with Gasteiger partial charge in [-0.1, -0.05) is 18.2 Å². The predicted octanol–water partition coefficient (Wildman–Crippen LogP) is 8.10. The van der Waals surface area contributed by atoms with Gasteiger partial charge in [-0.2, -0.15) is 0 Å². The van der Waals surface area contributed by atoms with E-state index in [4.69, 9.17) is 14.6 Å². The van der Waals surface area contributed by atoms with Crippen molar-refractivity contribution < 1.29 is 64.0 Å². The molecule has 0 fully saturated rings. The molecule has 0 spiro atoms. The predicted molar refractivity (Wildman–Crippen MR) is 141 cm³/mol. The Bertz CT molecular complexity index is 1600. The molecule has 234 valence electrons. The van der Waals surface area contributed by atoms with Crippen LogP contribution in [0.5, 0.6) is 23.0 Å². The Kier molecular flexibility index (Phi) is 10.8. The summed E-state index contributed by atoms with van der Waals surface area (Å²) in [6.07, 6.45) is -9.53. The number of carbonyl (C=O) groups excluding carboxylic acids is 1. The highest BCUT2D eigenvalue weighted by Crippen LogP contribution is 2.39. The van der Waals surface area contributed by atoms with Crippen molar-refractivity contribution in [2.45, 2.75) is 19.3 Å². The standard InChI is InChI=1S/C15H12F4O3.C15H10F4O3/c2*1-21-10-3-5-13(16)12(7-10)11-4-2-9(8-20)6-14(11)22-15(17,18)19/h2-7,20H,8H2,1H3;2-8H,1H3. The highest BCUT2D eigenvalue weighted by molar-refractivity contribution is 5.81. The van der Waals surface area contributed by atoms with Gasteiger partial charge in [0.05, 0.1) is 20.8 Å². The number of aldehydes is 1. The third-order valence-corrected chi connectivity index (χ3v) is 5.75. The number of alkyl halides is 6. The Labute approximate surface area is 245 Å². The summed E-state index contributed by atoms with van der Waals surface area (Å²) in [5.41, 5.74) is -0.262. The number of carbonyl (C=O) groups is 1. The summed E-state index contributed by atoms with van der Waals surface area (Å²) < 4.78 is 121. The van der Waals surface area contributed by atoms with E-state index < -0.39 is 42.5 Å². The fourth-order valence-electron chi connectivity index (χ4n) is 3.82. The number of ether oxygens (including phenoxy) is 4. The van der Waals surface area contributed by atoms with Crippen LogP contribution in [0.3, 0.4) is 0 Å². The van der Waals surface area contributed by atoms with Gasteiger partial charge in [-0.25, -0.2) is 8.78 Å². The van der Waals surface area contributed by atoms with Crippen molar-refractivity contribution in [2.75, 3.05) is 14.2 Å². The van der Waals surface area contributed by atoms with Crippen LogP contribution in [-0.2, 0) is 6.61 Å². The lowest BCUT2D eigenvalue weighted by atomic mass is 10.0. The number of hydrogen-bond donors (Lipinski definition) is 1. The molecule has 0 radical (unpaired) electrons. The molecule has 6 nitrogen and oxygen atoms in total. The van der Waals surface area contributed by atoms with Gasteiger partial charge in [0, 0.05) is 27.8 Å². The molecule has 4 aromatic rings. The van der Waals surface area contributed by atoms with Crippen molar-refractivity contribution in [3.05, 3.63) is 95.6 Å². The number of hydrogen-bond acceptors (Lipinski definition) is 6. The normalized spacial score (nSPS) is 11.2. The molecule has 14 heteroatoms. The quantitative estimate of drug-likeness (QED) is 0.157. The van der Waals surface area contributed by atoms with Crippen LogP contribution < -0.4 is 18.9 Å². The van der Waals surface area contributed by atoms with Crippen LogP contribution in [0.15, 0.2) is 72.8 Å². The topological polar surface area (TPSA) is 74.2 Å². The van der Waals surface area contributed by atoms with Gasteiger partial charge in [0.15, 0.2) is 0 Å². The van der Waals surface area contributed by atoms with E-state index in [1.807, 2.05) is 0 Å². The van der Waals surface area contributed by atoms with Crippen molar-refractivity contribution in [3.63, 3.8) is 0 Å². The summed E-state index contributed by atoms with van der Waals surface area (Å²) in [7, 11) is 2.71. The molecule has 0 amide bonds. The average Bonchev–Trinajstić information content (AvgIpc) is 2.96. The number of aliphatic hydroxyl groups excluding tert-OH is 1. The van der Waals surface area contributed by atoms with Gasteiger partial charge in [0.1, 0.15) is 40.9 Å². The Balaban J connectivity index is 0.000000240. The van der Waals surface area contributed by atoms with Crippen molar-refractivity contribution in [1.29, 1.82) is 0 Å². The van der Waals surface area contributed by atoms with Gasteiger partial charge in [0.2, 0.25) is 0 Å². The zero-order chi connectivity index (χ0) is 32.7. The van der Waals surface area contributed by atoms with Crippen LogP contribution in [0.4, 0.5) is 35.1 Å². The van der Waals surface area contributed by atoms with E-state index in [9.17, 15) is 39.9 Å². The number of benzene rings is 4. The summed E-state index contributed by atoms with van der Waals surface area (Å²) in [6, 6.07) is 14.4. The first-order valence-corrected chi connectivity index (χ1v) is 12.2. The molecule has 1 N–H and O–H groups in total. The molecule has 0 heterocycles. The molecular formula is C30H22F8O6. The molecule has 0 aliphatic rings. The number of rotatable bonds is 8. The summed E-state index contributed by atoms with van der Waals surface area (Å²) in [6.45, 7) is -0.463. The zero-order valence-corrected chi connectivity index (χ0v) is 22.7. The molecule has 0 saturated carbocycles. The molecule has 0 aromatic heterocycles. The first-order valence-electron chi connectivity index (χ1n) is 12.2. The maximum Gasteiger partial charge on any atom is 0.573 e. The van der Waals surface area contributed by atoms with Gasteiger partial charge >= 0.3 is 12.7 Å². The highest BCUT2D eigenvalue weighted by atomic mass is 19.4. The van der Waals surface area contributed by atoms with Gasteiger partial charge in [-0.05, 0) is 60.2 Å². The second-order valence-corrected chi connectivity index (χ2v) is 8.65. The van der Waals surface area contributed by atoms with Gasteiger partial charge in [0.25, 0.3) is 0 Å². The van der Waals surface area contributed by atoms with E-state index >= 15 is 0 Å². The lowest BCUT2D eigenvalue weighted by Gasteiger charge is -2.15. The molecular weight excluding hydrogens is 608 g/mol. The maximum atomic E-state index is 13.9. The van der Waals surface area contributed by atoms with Crippen LogP contribution in [0, 0.1) is 11.6 Å². The van der Waals surface area contributed by atoms with Crippen molar-refractivity contribution in [3.8, 4) is 45.3 Å². The van der Waals surface area contributed by atoms with E-state index in [-0.39, 0.29) is 39.1 Å². The SMILES string of the molecule is COc1ccc(F)c(-c2ccc(C=O)cc2OC(F)(F)F)c1.COc1ccc(F)c(-c2ccc(CO)cc2OC(F)(F)F)c1. The lowest BCUT2D eigenvalue weighted by molar-refractivity contribution is -0.275. The molecule has 0 unspecified atom stereocenters. The van der Waals surface area contributed by atoms with Crippen LogP contribution in [-0.4, -0.2) is 38.3 Å². The van der Waals surface area contributed by atoms with Crippen LogP contribution in [0.25, 0.3) is 22.3 Å². The molecule has 0 aliphatic heterocycles. The van der Waals surface area contributed by atoms with Crippen molar-refractivity contribution in [1.82, 2.24) is 0 Å². The molecule has 4 aromatic carbocycles. The second-order valence-electron chi connectivity index (χ2n) is 8.65. The van der Waals surface area contributed by atoms with Crippen LogP contribution in [0.2, 0.25) is 0 Å². The summed E-state index contributed by atoms with van der Waals surface area (Å²) in [4.78, 5) is 10.7. The molecule has 0 bridgehead atoms. The summed E-state index contributed by atoms with van der Waals surface area (Å²) in [5.74, 6) is -2.15. The number of aliphatic hydroxyl groups is 1. The number of methoxy groups -OCH3 is 2. The fourth-order valence-corrected chi connectivity index (χ4v) is 3.82. The average molecular weight is 630 g/mol. The zero-order valence-electron chi connectivity index (χ0n) is 22.7. The second kappa shape index (κ2) is 14.1. The minimum Gasteiger partial charge on any atom is -0.497 e. The summed E-state index contributed by atoms with van der Waals surface area (Å²) in [5, 5.41) is 9.03. The number of halogens is 8. The maximum absolute atomic E-state index is 13.9. The van der Waals surface area contributed by atoms with E-state index in [2.05, 4.69) is 9.47 Å². The molecule has 0 aliphatic carbocycles. The Hall–Kier alpha value is -4.85. The highest BCUT2D eigenvalue weighted by Gasteiger charge is 2.33. The Morgan fingerprint density at radius 3 is 1.50 bits per heavy atom. The third kappa shape index (κ3) is 9.07. The molecule has 0 atom stereocenters. The third-order valence-electron chi connectivity index (χ3n) is 5.75. The van der Waals surface area contributed by atoms with Gasteiger partial charge in [-0.15, -0.1) is 26.3 Å². The van der Waals surface area contributed by atoms with E-state index in [0.717, 1.165) is 24.3 Å². The van der Waals surface area contributed by atoms with E-state index in [0.29, 0.717) is 12.0 Å². The molecule has 0 saturated heterocycles. The molecule has 44 heavy (non-hydrogen) atoms. The van der Waals surface area contributed by atoms with Crippen LogP contribution >= 0.6 is 0 Å². The van der Waals surface area contributed by atoms with Crippen molar-refractivity contribution >= 4 is 6.29 Å². The minimum atomic E-state index is -4.97. The first kappa shape index (κ1) is 33.6. The smallest absolute Gasteiger partial charge is 0.497 e. The van der Waals surface area contributed by atoms with Gasteiger partial charge in [-0.3, -0.25) is 4.79 Å². The first-order chi connectivity index (χ1) is 20.7. The fraction of sp³-hybridized carbons (Fsp3) is 0.167. The van der Waals surface area contributed by atoms with Crippen molar-refractivity contribution in [2.24, 2.45) is 0 Å². The monoisotopic (exact) mass is 630 g/mol. The van der Waals surface area contributed by atoms with Crippen LogP contribution in [0.1, 0.15) is 15.9 Å². The summed E-state index contributed by atoms with van der Waals surface area (Å²) >= 11 is 0. The minimum absolute atomic E-state index is 0.0219. The van der Waals surface area contributed by atoms with E-state index in [1.54, 1.807) is 0 Å². The Morgan fingerprint density at radius 2 is 1.09 bits per heavy atom.